The van der Waals surface area contributed by atoms with E-state index in [-0.39, 0.29) is 0 Å². The first-order valence-corrected chi connectivity index (χ1v) is 7.14. The van der Waals surface area contributed by atoms with Crippen LogP contribution in [0.15, 0.2) is 24.3 Å². The van der Waals surface area contributed by atoms with Crippen LogP contribution in [0.5, 0.6) is 0 Å². The SMILES string of the molecule is CCCc1cccc(C(NC)C2CCOC2C)c1. The van der Waals surface area contributed by atoms with E-state index in [4.69, 9.17) is 4.74 Å². The molecule has 1 fully saturated rings. The third-order valence-corrected chi connectivity index (χ3v) is 4.02. The highest BCUT2D eigenvalue weighted by atomic mass is 16.5. The first-order chi connectivity index (χ1) is 8.76. The Bertz CT molecular complexity index is 377. The minimum absolute atomic E-state index is 0.359. The highest BCUT2D eigenvalue weighted by Crippen LogP contribution is 2.33. The fourth-order valence-corrected chi connectivity index (χ4v) is 3.04. The van der Waals surface area contributed by atoms with Gasteiger partial charge in [-0.05, 0) is 37.9 Å². The lowest BCUT2D eigenvalue weighted by molar-refractivity contribution is 0.0963. The molecule has 0 spiro atoms. The summed E-state index contributed by atoms with van der Waals surface area (Å²) in [6, 6.07) is 9.43. The van der Waals surface area contributed by atoms with E-state index in [1.165, 1.54) is 24.0 Å². The van der Waals surface area contributed by atoms with Gasteiger partial charge in [-0.3, -0.25) is 0 Å². The average Bonchev–Trinajstić information content (AvgIpc) is 2.78. The predicted octanol–water partition coefficient (Wildman–Crippen LogP) is 3.32. The Kier molecular flexibility index (Phi) is 4.79. The van der Waals surface area contributed by atoms with Crippen molar-refractivity contribution in [2.75, 3.05) is 13.7 Å². The molecule has 1 N–H and O–H groups in total. The van der Waals surface area contributed by atoms with Gasteiger partial charge in [-0.2, -0.15) is 0 Å². The van der Waals surface area contributed by atoms with Crippen molar-refractivity contribution in [1.29, 1.82) is 0 Å². The topological polar surface area (TPSA) is 21.3 Å². The van der Waals surface area contributed by atoms with E-state index in [2.05, 4.69) is 50.5 Å². The second-order valence-corrected chi connectivity index (χ2v) is 5.29. The van der Waals surface area contributed by atoms with Crippen LogP contribution in [-0.4, -0.2) is 19.8 Å². The van der Waals surface area contributed by atoms with Crippen LogP contribution in [-0.2, 0) is 11.2 Å². The third-order valence-electron chi connectivity index (χ3n) is 4.02. The monoisotopic (exact) mass is 247 g/mol. The molecule has 0 aromatic heterocycles. The van der Waals surface area contributed by atoms with Crippen molar-refractivity contribution in [2.45, 2.75) is 45.3 Å². The van der Waals surface area contributed by atoms with E-state index in [1.54, 1.807) is 0 Å². The van der Waals surface area contributed by atoms with Gasteiger partial charge < -0.3 is 10.1 Å². The highest BCUT2D eigenvalue weighted by molar-refractivity contribution is 5.27. The maximum atomic E-state index is 5.71. The Morgan fingerprint density at radius 1 is 1.44 bits per heavy atom. The summed E-state index contributed by atoms with van der Waals surface area (Å²) in [6.45, 7) is 5.33. The van der Waals surface area contributed by atoms with E-state index in [1.807, 2.05) is 0 Å². The maximum absolute atomic E-state index is 5.71. The van der Waals surface area contributed by atoms with E-state index < -0.39 is 0 Å². The van der Waals surface area contributed by atoms with Crippen LogP contribution in [0.1, 0.15) is 43.9 Å². The van der Waals surface area contributed by atoms with Gasteiger partial charge in [0.1, 0.15) is 0 Å². The van der Waals surface area contributed by atoms with E-state index in [0.717, 1.165) is 13.0 Å². The van der Waals surface area contributed by atoms with Crippen molar-refractivity contribution in [3.63, 3.8) is 0 Å². The summed E-state index contributed by atoms with van der Waals surface area (Å²) in [5.74, 6) is 0.590. The van der Waals surface area contributed by atoms with E-state index >= 15 is 0 Å². The average molecular weight is 247 g/mol. The molecule has 1 aliphatic heterocycles. The molecule has 0 bridgehead atoms. The zero-order chi connectivity index (χ0) is 13.0. The minimum Gasteiger partial charge on any atom is -0.378 e. The Labute approximate surface area is 111 Å². The standard InChI is InChI=1S/C16H25NO/c1-4-6-13-7-5-8-14(11-13)16(17-3)15-9-10-18-12(15)2/h5,7-8,11-12,15-17H,4,6,9-10H2,1-3H3. The molecule has 1 heterocycles. The molecule has 3 atom stereocenters. The number of rotatable bonds is 5. The van der Waals surface area contributed by atoms with Gasteiger partial charge >= 0.3 is 0 Å². The minimum atomic E-state index is 0.359. The molecule has 0 radical (unpaired) electrons. The normalized spacial score (nSPS) is 25.3. The Morgan fingerprint density at radius 3 is 2.89 bits per heavy atom. The van der Waals surface area contributed by atoms with Gasteiger partial charge in [0.15, 0.2) is 0 Å². The molecule has 100 valence electrons. The zero-order valence-electron chi connectivity index (χ0n) is 11.8. The third kappa shape index (κ3) is 2.93. The molecule has 1 aliphatic rings. The van der Waals surface area contributed by atoms with Crippen LogP contribution in [0.25, 0.3) is 0 Å². The van der Waals surface area contributed by atoms with Crippen molar-refractivity contribution in [3.8, 4) is 0 Å². The summed E-state index contributed by atoms with van der Waals surface area (Å²) in [5.41, 5.74) is 2.85. The van der Waals surface area contributed by atoms with Crippen LogP contribution in [0, 0.1) is 5.92 Å². The lowest BCUT2D eigenvalue weighted by Crippen LogP contribution is -2.29. The molecule has 2 rings (SSSR count). The molecule has 1 saturated heterocycles. The van der Waals surface area contributed by atoms with Crippen molar-refractivity contribution in [2.24, 2.45) is 5.92 Å². The molecule has 1 aromatic carbocycles. The van der Waals surface area contributed by atoms with Crippen molar-refractivity contribution < 1.29 is 4.74 Å². The molecule has 0 amide bonds. The first kappa shape index (κ1) is 13.6. The van der Waals surface area contributed by atoms with Crippen LogP contribution < -0.4 is 5.32 Å². The van der Waals surface area contributed by atoms with Crippen molar-refractivity contribution in [1.82, 2.24) is 5.32 Å². The first-order valence-electron chi connectivity index (χ1n) is 7.14. The largest absolute Gasteiger partial charge is 0.378 e. The summed E-state index contributed by atoms with van der Waals surface area (Å²) in [7, 11) is 2.06. The second-order valence-electron chi connectivity index (χ2n) is 5.29. The number of hydrogen-bond acceptors (Lipinski definition) is 2. The summed E-state index contributed by atoms with van der Waals surface area (Å²) >= 11 is 0. The number of hydrogen-bond donors (Lipinski definition) is 1. The van der Waals surface area contributed by atoms with Crippen LogP contribution >= 0.6 is 0 Å². The molecule has 1 aromatic rings. The summed E-state index contributed by atoms with van der Waals surface area (Å²) in [5, 5.41) is 3.48. The van der Waals surface area contributed by atoms with Gasteiger partial charge in [0, 0.05) is 18.6 Å². The number of benzene rings is 1. The van der Waals surface area contributed by atoms with Gasteiger partial charge in [-0.15, -0.1) is 0 Å². The molecule has 3 unspecified atom stereocenters. The second kappa shape index (κ2) is 6.35. The van der Waals surface area contributed by atoms with Gasteiger partial charge in [0.2, 0.25) is 0 Å². The molecular formula is C16H25NO. The predicted molar refractivity (Wildman–Crippen MR) is 75.8 cm³/mol. The van der Waals surface area contributed by atoms with Crippen molar-refractivity contribution >= 4 is 0 Å². The highest BCUT2D eigenvalue weighted by Gasteiger charge is 2.31. The number of ether oxygens (including phenoxy) is 1. The van der Waals surface area contributed by atoms with Gasteiger partial charge in [0.05, 0.1) is 6.10 Å². The van der Waals surface area contributed by atoms with Gasteiger partial charge in [0.25, 0.3) is 0 Å². The lowest BCUT2D eigenvalue weighted by atomic mass is 9.87. The molecule has 2 nitrogen and oxygen atoms in total. The lowest BCUT2D eigenvalue weighted by Gasteiger charge is -2.26. The molecule has 0 saturated carbocycles. The number of aryl methyl sites for hydroxylation is 1. The fraction of sp³-hybridized carbons (Fsp3) is 0.625. The molecule has 0 aliphatic carbocycles. The Morgan fingerprint density at radius 2 is 2.28 bits per heavy atom. The summed E-state index contributed by atoms with van der Waals surface area (Å²) < 4.78 is 5.71. The zero-order valence-corrected chi connectivity index (χ0v) is 11.8. The van der Waals surface area contributed by atoms with Gasteiger partial charge in [-0.1, -0.05) is 37.6 Å². The number of nitrogens with one attached hydrogen (secondary N) is 1. The fourth-order valence-electron chi connectivity index (χ4n) is 3.04. The quantitative estimate of drug-likeness (QED) is 0.862. The maximum Gasteiger partial charge on any atom is 0.0594 e. The van der Waals surface area contributed by atoms with Crippen molar-refractivity contribution in [3.05, 3.63) is 35.4 Å². The Hall–Kier alpha value is -0.860. The molecular weight excluding hydrogens is 222 g/mol. The smallest absolute Gasteiger partial charge is 0.0594 e. The van der Waals surface area contributed by atoms with Crippen LogP contribution in [0.2, 0.25) is 0 Å². The van der Waals surface area contributed by atoms with Crippen LogP contribution in [0.3, 0.4) is 0 Å². The summed E-state index contributed by atoms with van der Waals surface area (Å²) in [4.78, 5) is 0. The van der Waals surface area contributed by atoms with Crippen LogP contribution in [0.4, 0.5) is 0 Å². The van der Waals surface area contributed by atoms with E-state index in [0.29, 0.717) is 18.1 Å². The molecule has 18 heavy (non-hydrogen) atoms. The summed E-state index contributed by atoms with van der Waals surface area (Å²) in [6.07, 6.45) is 3.89. The van der Waals surface area contributed by atoms with E-state index in [9.17, 15) is 0 Å². The molecule has 2 heteroatoms. The Balaban J connectivity index is 2.18. The van der Waals surface area contributed by atoms with Gasteiger partial charge in [-0.25, -0.2) is 0 Å².